The van der Waals surface area contributed by atoms with Crippen LogP contribution in [0.4, 0.5) is 5.69 Å². The Morgan fingerprint density at radius 3 is 2.00 bits per heavy atom. The number of benzene rings is 8. The molecule has 0 saturated heterocycles. The van der Waals surface area contributed by atoms with Crippen molar-refractivity contribution in [3.05, 3.63) is 168 Å². The monoisotopic (exact) mass is 690 g/mol. The normalized spacial score (nSPS) is 13.1. The molecule has 0 spiro atoms. The van der Waals surface area contributed by atoms with Gasteiger partial charge in [-0.3, -0.25) is 0 Å². The maximum Gasteiger partial charge on any atom is 0.187 e. The maximum atomic E-state index is 7.50. The van der Waals surface area contributed by atoms with Gasteiger partial charge in [0.2, 0.25) is 0 Å². The molecule has 2 heterocycles. The van der Waals surface area contributed by atoms with Gasteiger partial charge in [-0.2, -0.15) is 0 Å². The van der Waals surface area contributed by atoms with Crippen LogP contribution in [0.3, 0.4) is 0 Å². The molecule has 0 unspecified atom stereocenters. The standard InChI is InChI=1S/C49H30N4O/c1-49(2)41-16-7-6-12-36(41)39-26-40-44(27-42(39)49)54-43-17-9-15-38(45(40)43)48-52-46(29-18-21-30(50-3)22-19-29)51-47(53-48)37-14-8-13-32-34-23-20-28-10-4-5-11-31(28)33(34)24-25-35(32)37/h4-27H,1-2H3. The Morgan fingerprint density at radius 1 is 0.481 bits per heavy atom. The van der Waals surface area contributed by atoms with Gasteiger partial charge in [0.1, 0.15) is 11.2 Å². The number of fused-ring (bicyclic) bond motifs is 11. The second kappa shape index (κ2) is 11.2. The summed E-state index contributed by atoms with van der Waals surface area (Å²) in [6.07, 6.45) is 0. The fraction of sp³-hybridized carbons (Fsp3) is 0.0612. The molecule has 54 heavy (non-hydrogen) atoms. The molecule has 0 aliphatic heterocycles. The maximum absolute atomic E-state index is 7.50. The van der Waals surface area contributed by atoms with Crippen LogP contribution < -0.4 is 0 Å². The van der Waals surface area contributed by atoms with E-state index in [1.807, 2.05) is 36.4 Å². The van der Waals surface area contributed by atoms with E-state index in [4.69, 9.17) is 25.9 Å². The molecule has 0 bridgehead atoms. The number of rotatable bonds is 3. The molecule has 252 valence electrons. The summed E-state index contributed by atoms with van der Waals surface area (Å²) >= 11 is 0. The van der Waals surface area contributed by atoms with Crippen molar-refractivity contribution in [2.75, 3.05) is 0 Å². The second-order valence-electron chi connectivity index (χ2n) is 14.7. The van der Waals surface area contributed by atoms with Gasteiger partial charge in [0.15, 0.2) is 23.2 Å². The molecule has 0 atom stereocenters. The number of hydrogen-bond donors (Lipinski definition) is 0. The van der Waals surface area contributed by atoms with E-state index in [0.717, 1.165) is 49.4 Å². The average Bonchev–Trinajstić information content (AvgIpc) is 3.70. The molecule has 0 radical (unpaired) electrons. The first-order valence-electron chi connectivity index (χ1n) is 18.1. The van der Waals surface area contributed by atoms with Crippen LogP contribution in [0.5, 0.6) is 0 Å². The third-order valence-corrected chi connectivity index (χ3v) is 11.4. The topological polar surface area (TPSA) is 56.2 Å². The van der Waals surface area contributed by atoms with Gasteiger partial charge in [0.25, 0.3) is 0 Å². The van der Waals surface area contributed by atoms with Crippen molar-refractivity contribution >= 4 is 59.9 Å². The lowest BCUT2D eigenvalue weighted by molar-refractivity contribution is 0.647. The van der Waals surface area contributed by atoms with Crippen LogP contribution >= 0.6 is 0 Å². The zero-order valence-corrected chi connectivity index (χ0v) is 29.6. The van der Waals surface area contributed by atoms with Gasteiger partial charge >= 0.3 is 0 Å². The number of furan rings is 1. The van der Waals surface area contributed by atoms with Crippen LogP contribution in [0.25, 0.3) is 104 Å². The summed E-state index contributed by atoms with van der Waals surface area (Å²) in [5, 5.41) is 9.05. The smallest absolute Gasteiger partial charge is 0.187 e. The molecule has 8 aromatic carbocycles. The zero-order chi connectivity index (χ0) is 36.1. The van der Waals surface area contributed by atoms with Crippen molar-refractivity contribution in [2.45, 2.75) is 19.3 Å². The molecule has 11 rings (SSSR count). The highest BCUT2D eigenvalue weighted by Gasteiger charge is 2.36. The van der Waals surface area contributed by atoms with Crippen LogP contribution in [-0.2, 0) is 5.41 Å². The van der Waals surface area contributed by atoms with Crippen LogP contribution in [-0.4, -0.2) is 15.0 Å². The third kappa shape index (κ3) is 4.34. The van der Waals surface area contributed by atoms with Gasteiger partial charge in [0, 0.05) is 32.9 Å². The van der Waals surface area contributed by atoms with Crippen LogP contribution in [0, 0.1) is 6.57 Å². The van der Waals surface area contributed by atoms with Gasteiger partial charge in [0.05, 0.1) is 6.57 Å². The van der Waals surface area contributed by atoms with E-state index in [-0.39, 0.29) is 5.41 Å². The summed E-state index contributed by atoms with van der Waals surface area (Å²) < 4.78 is 6.62. The van der Waals surface area contributed by atoms with Gasteiger partial charge in [-0.15, -0.1) is 0 Å². The Morgan fingerprint density at radius 2 is 1.13 bits per heavy atom. The van der Waals surface area contributed by atoms with Crippen LogP contribution in [0.2, 0.25) is 0 Å². The highest BCUT2D eigenvalue weighted by atomic mass is 16.3. The summed E-state index contributed by atoms with van der Waals surface area (Å²) in [5.41, 5.74) is 9.73. The molecule has 1 aliphatic rings. The first-order valence-corrected chi connectivity index (χ1v) is 18.1. The molecule has 2 aromatic heterocycles. The Bertz CT molecular complexity index is 3260. The Balaban J connectivity index is 1.17. The summed E-state index contributed by atoms with van der Waals surface area (Å²) in [5.74, 6) is 1.68. The van der Waals surface area contributed by atoms with Crippen molar-refractivity contribution in [3.63, 3.8) is 0 Å². The van der Waals surface area contributed by atoms with E-state index < -0.39 is 0 Å². The minimum absolute atomic E-state index is 0.139. The fourth-order valence-corrected chi connectivity index (χ4v) is 8.69. The summed E-state index contributed by atoms with van der Waals surface area (Å²) in [6, 6.07) is 50.5. The quantitative estimate of drug-likeness (QED) is 0.137. The number of hydrogen-bond acceptors (Lipinski definition) is 4. The van der Waals surface area contributed by atoms with Crippen molar-refractivity contribution in [1.82, 2.24) is 15.0 Å². The van der Waals surface area contributed by atoms with E-state index >= 15 is 0 Å². The van der Waals surface area contributed by atoms with Crippen LogP contribution in [0.1, 0.15) is 25.0 Å². The molecule has 5 nitrogen and oxygen atoms in total. The van der Waals surface area contributed by atoms with Gasteiger partial charge < -0.3 is 4.42 Å². The van der Waals surface area contributed by atoms with E-state index in [1.54, 1.807) is 0 Å². The fourth-order valence-electron chi connectivity index (χ4n) is 8.69. The average molecular weight is 691 g/mol. The molecule has 1 aliphatic carbocycles. The Kier molecular flexibility index (Phi) is 6.30. The zero-order valence-electron chi connectivity index (χ0n) is 29.6. The van der Waals surface area contributed by atoms with E-state index in [0.29, 0.717) is 23.2 Å². The van der Waals surface area contributed by atoms with Crippen LogP contribution in [0.15, 0.2) is 150 Å². The minimum Gasteiger partial charge on any atom is -0.456 e. The van der Waals surface area contributed by atoms with Gasteiger partial charge in [-0.05, 0) is 72.8 Å². The molecule has 0 fully saturated rings. The lowest BCUT2D eigenvalue weighted by atomic mass is 9.82. The molecule has 0 saturated carbocycles. The molecule has 10 aromatic rings. The largest absolute Gasteiger partial charge is 0.456 e. The molecule has 0 N–H and O–H groups in total. The van der Waals surface area contributed by atoms with Crippen molar-refractivity contribution < 1.29 is 4.42 Å². The van der Waals surface area contributed by atoms with E-state index in [2.05, 4.69) is 128 Å². The van der Waals surface area contributed by atoms with Gasteiger partial charge in [-0.1, -0.05) is 141 Å². The Labute approximate surface area is 311 Å². The van der Waals surface area contributed by atoms with E-state index in [9.17, 15) is 0 Å². The van der Waals surface area contributed by atoms with E-state index in [1.165, 1.54) is 43.8 Å². The highest BCUT2D eigenvalue weighted by molar-refractivity contribution is 6.19. The predicted molar refractivity (Wildman–Crippen MR) is 220 cm³/mol. The van der Waals surface area contributed by atoms with Crippen molar-refractivity contribution in [1.29, 1.82) is 0 Å². The first kappa shape index (κ1) is 30.5. The number of nitrogens with zero attached hydrogens (tertiary/aromatic N) is 4. The SMILES string of the molecule is [C-]#[N+]c1ccc(-c2nc(-c3cccc4c3ccc3c5ccccc5ccc43)nc(-c3cccc4oc5cc6c(cc5c34)-c3ccccc3C6(C)C)n2)cc1. The third-order valence-electron chi connectivity index (χ3n) is 11.4. The summed E-state index contributed by atoms with van der Waals surface area (Å²) in [6.45, 7) is 12.1. The van der Waals surface area contributed by atoms with Crippen molar-refractivity contribution in [2.24, 2.45) is 0 Å². The first-order chi connectivity index (χ1) is 26.5. The Hall–Kier alpha value is -7.16. The summed E-state index contributed by atoms with van der Waals surface area (Å²) in [7, 11) is 0. The number of aromatic nitrogens is 3. The lowest BCUT2D eigenvalue weighted by Crippen LogP contribution is -2.14. The van der Waals surface area contributed by atoms with Gasteiger partial charge in [-0.25, -0.2) is 19.8 Å². The summed E-state index contributed by atoms with van der Waals surface area (Å²) in [4.78, 5) is 19.1. The second-order valence-corrected chi connectivity index (χ2v) is 14.7. The molecular formula is C49H30N4O. The highest BCUT2D eigenvalue weighted by Crippen LogP contribution is 2.51. The molecular weight excluding hydrogens is 661 g/mol. The predicted octanol–water partition coefficient (Wildman–Crippen LogP) is 13.1. The molecule has 0 amide bonds. The van der Waals surface area contributed by atoms with Crippen molar-refractivity contribution in [3.8, 4) is 45.3 Å². The minimum atomic E-state index is -0.139. The molecule has 5 heteroatoms. The lowest BCUT2D eigenvalue weighted by Gasteiger charge is -2.21.